The van der Waals surface area contributed by atoms with Crippen molar-refractivity contribution in [2.45, 2.75) is 63.3 Å². The fourth-order valence-electron chi connectivity index (χ4n) is 5.35. The van der Waals surface area contributed by atoms with Crippen LogP contribution in [0.4, 0.5) is 23.8 Å². The minimum absolute atomic E-state index is 0.0374. The molecule has 2 amide bonds. The highest BCUT2D eigenvalue weighted by atomic mass is 19.4. The summed E-state index contributed by atoms with van der Waals surface area (Å²) >= 11 is 0. The van der Waals surface area contributed by atoms with Crippen molar-refractivity contribution < 1.29 is 27.5 Å². The molecular weight excluding hydrogens is 489 g/mol. The molecule has 2 fully saturated rings. The van der Waals surface area contributed by atoms with E-state index in [0.717, 1.165) is 57.3 Å². The summed E-state index contributed by atoms with van der Waals surface area (Å²) < 4.78 is 44.0. The highest BCUT2D eigenvalue weighted by molar-refractivity contribution is 5.91. The molecular formula is C25H33F3N6O3. The lowest BCUT2D eigenvalue weighted by atomic mass is 9.79. The van der Waals surface area contributed by atoms with Gasteiger partial charge in [0, 0.05) is 30.6 Å². The fourth-order valence-corrected chi connectivity index (χ4v) is 5.35. The topological polar surface area (TPSA) is 108 Å². The number of ether oxygens (including phenoxy) is 1. The third-order valence-electron chi connectivity index (χ3n) is 7.41. The van der Waals surface area contributed by atoms with Gasteiger partial charge in [0.15, 0.2) is 0 Å². The SMILES string of the molecule is CC[C@H](NC(=O)OC)C1CCC(N2CC(NC(=O)CNc3ncnc4ccc(C(F)(F)F)cc34)C2)CC1. The van der Waals surface area contributed by atoms with Gasteiger partial charge in [0.05, 0.1) is 30.8 Å². The van der Waals surface area contributed by atoms with Crippen LogP contribution < -0.4 is 16.0 Å². The molecule has 4 rings (SSSR count). The molecule has 2 aliphatic rings. The number of likely N-dealkylation sites (tertiary alicyclic amines) is 1. The van der Waals surface area contributed by atoms with E-state index in [1.54, 1.807) is 0 Å². The van der Waals surface area contributed by atoms with E-state index in [1.807, 2.05) is 0 Å². The largest absolute Gasteiger partial charge is 0.453 e. The van der Waals surface area contributed by atoms with Crippen LogP contribution in [-0.2, 0) is 15.7 Å². The molecule has 0 bridgehead atoms. The van der Waals surface area contributed by atoms with Crippen LogP contribution in [0.1, 0.15) is 44.6 Å². The van der Waals surface area contributed by atoms with Gasteiger partial charge in [0.2, 0.25) is 5.91 Å². The van der Waals surface area contributed by atoms with Crippen LogP contribution in [0, 0.1) is 5.92 Å². The van der Waals surface area contributed by atoms with Gasteiger partial charge in [-0.25, -0.2) is 14.8 Å². The van der Waals surface area contributed by atoms with Crippen LogP contribution in [0.2, 0.25) is 0 Å². The zero-order valence-electron chi connectivity index (χ0n) is 21.0. The lowest BCUT2D eigenvalue weighted by Gasteiger charge is -2.47. The normalized spacial score (nSPS) is 21.6. The van der Waals surface area contributed by atoms with E-state index >= 15 is 0 Å². The predicted molar refractivity (Wildman–Crippen MR) is 132 cm³/mol. The van der Waals surface area contributed by atoms with Crippen molar-refractivity contribution in [1.29, 1.82) is 0 Å². The average Bonchev–Trinajstić information content (AvgIpc) is 2.87. The summed E-state index contributed by atoms with van der Waals surface area (Å²) in [4.78, 5) is 34.5. The molecule has 202 valence electrons. The van der Waals surface area contributed by atoms with E-state index in [4.69, 9.17) is 4.74 Å². The van der Waals surface area contributed by atoms with Gasteiger partial charge in [-0.15, -0.1) is 0 Å². The standard InChI is InChI=1S/C25H33F3N6O3/c1-3-20(33-24(36)37-2)15-4-7-18(8-5-15)34-12-17(13-34)32-22(35)11-29-23-19-10-16(25(26,27)28)6-9-21(19)30-14-31-23/h6,9-10,14-15,17-18,20H,3-5,7-8,11-13H2,1-2H3,(H,32,35)(H,33,36)(H,29,30,31)/t15?,18?,20-/m0/s1. The molecule has 1 saturated heterocycles. The number of halogens is 3. The maximum Gasteiger partial charge on any atom is 0.416 e. The van der Waals surface area contributed by atoms with Crippen molar-refractivity contribution in [3.8, 4) is 0 Å². The van der Waals surface area contributed by atoms with E-state index in [-0.39, 0.29) is 41.8 Å². The Morgan fingerprint density at radius 2 is 1.89 bits per heavy atom. The number of carbonyl (C=O) groups is 2. The van der Waals surface area contributed by atoms with Crippen molar-refractivity contribution in [1.82, 2.24) is 25.5 Å². The molecule has 1 aliphatic heterocycles. The second-order valence-electron chi connectivity index (χ2n) is 9.74. The van der Waals surface area contributed by atoms with Gasteiger partial charge in [-0.05, 0) is 56.2 Å². The first-order valence-electron chi connectivity index (χ1n) is 12.6. The fraction of sp³-hybridized carbons (Fsp3) is 0.600. The minimum Gasteiger partial charge on any atom is -0.453 e. The molecule has 1 aromatic carbocycles. The van der Waals surface area contributed by atoms with Crippen molar-refractivity contribution in [3.63, 3.8) is 0 Å². The van der Waals surface area contributed by atoms with Crippen molar-refractivity contribution in [2.24, 2.45) is 5.92 Å². The number of methoxy groups -OCH3 is 1. The predicted octanol–water partition coefficient (Wildman–Crippen LogP) is 3.55. The maximum absolute atomic E-state index is 13.1. The van der Waals surface area contributed by atoms with Gasteiger partial charge in [0.25, 0.3) is 0 Å². The molecule has 0 unspecified atom stereocenters. The van der Waals surface area contributed by atoms with Gasteiger partial charge in [0.1, 0.15) is 12.1 Å². The Bertz CT molecular complexity index is 1100. The number of alkyl carbamates (subject to hydrolysis) is 1. The highest BCUT2D eigenvalue weighted by Crippen LogP contribution is 2.33. The summed E-state index contributed by atoms with van der Waals surface area (Å²) in [7, 11) is 1.37. The molecule has 1 atom stereocenters. The van der Waals surface area contributed by atoms with E-state index in [0.29, 0.717) is 17.5 Å². The Morgan fingerprint density at radius 1 is 1.16 bits per heavy atom. The molecule has 12 heteroatoms. The van der Waals surface area contributed by atoms with E-state index in [1.165, 1.54) is 19.5 Å². The van der Waals surface area contributed by atoms with Crippen molar-refractivity contribution in [2.75, 3.05) is 32.1 Å². The summed E-state index contributed by atoms with van der Waals surface area (Å²) in [5, 5.41) is 8.98. The number of anilines is 1. The number of nitrogens with one attached hydrogen (secondary N) is 3. The molecule has 0 radical (unpaired) electrons. The van der Waals surface area contributed by atoms with Gasteiger partial charge in [-0.2, -0.15) is 13.2 Å². The van der Waals surface area contributed by atoms with Crippen LogP contribution in [0.15, 0.2) is 24.5 Å². The summed E-state index contributed by atoms with van der Waals surface area (Å²) in [5.74, 6) is 0.380. The number of alkyl halides is 3. The van der Waals surface area contributed by atoms with Gasteiger partial charge >= 0.3 is 12.3 Å². The van der Waals surface area contributed by atoms with Crippen LogP contribution in [0.25, 0.3) is 10.9 Å². The number of hydrogen-bond donors (Lipinski definition) is 3. The summed E-state index contributed by atoms with van der Waals surface area (Å²) in [5.41, 5.74) is -0.433. The molecule has 37 heavy (non-hydrogen) atoms. The Hall–Kier alpha value is -3.15. The number of aromatic nitrogens is 2. The Balaban J connectivity index is 1.21. The summed E-state index contributed by atoms with van der Waals surface area (Å²) in [6.45, 7) is 3.50. The lowest BCUT2D eigenvalue weighted by Crippen LogP contribution is -2.63. The second kappa shape index (κ2) is 11.5. The first-order chi connectivity index (χ1) is 17.7. The first kappa shape index (κ1) is 26.9. The maximum atomic E-state index is 13.1. The van der Waals surface area contributed by atoms with E-state index in [2.05, 4.69) is 37.7 Å². The zero-order valence-corrected chi connectivity index (χ0v) is 21.0. The van der Waals surface area contributed by atoms with Gasteiger partial charge < -0.3 is 20.7 Å². The second-order valence-corrected chi connectivity index (χ2v) is 9.74. The number of fused-ring (bicyclic) bond motifs is 1. The Morgan fingerprint density at radius 3 is 2.54 bits per heavy atom. The third kappa shape index (κ3) is 6.60. The summed E-state index contributed by atoms with van der Waals surface area (Å²) in [6, 6.07) is 3.88. The number of hydrogen-bond acceptors (Lipinski definition) is 7. The third-order valence-corrected chi connectivity index (χ3v) is 7.41. The molecule has 3 N–H and O–H groups in total. The number of amides is 2. The highest BCUT2D eigenvalue weighted by Gasteiger charge is 2.37. The monoisotopic (exact) mass is 522 g/mol. The zero-order chi connectivity index (χ0) is 26.6. The number of carbonyl (C=O) groups excluding carboxylic acids is 2. The molecule has 2 aromatic rings. The Labute approximate surface area is 213 Å². The van der Waals surface area contributed by atoms with Crippen molar-refractivity contribution >= 4 is 28.7 Å². The summed E-state index contributed by atoms with van der Waals surface area (Å²) in [6.07, 6.45) is 1.42. The molecule has 2 heterocycles. The quantitative estimate of drug-likeness (QED) is 0.487. The van der Waals surface area contributed by atoms with Crippen LogP contribution in [-0.4, -0.2) is 71.7 Å². The molecule has 9 nitrogen and oxygen atoms in total. The molecule has 1 saturated carbocycles. The number of nitrogens with zero attached hydrogens (tertiary/aromatic N) is 3. The van der Waals surface area contributed by atoms with Crippen LogP contribution in [0.3, 0.4) is 0 Å². The molecule has 0 spiro atoms. The average molecular weight is 523 g/mol. The lowest BCUT2D eigenvalue weighted by molar-refractivity contribution is -0.137. The van der Waals surface area contributed by atoms with Gasteiger partial charge in [-0.3, -0.25) is 9.69 Å². The van der Waals surface area contributed by atoms with Gasteiger partial charge in [-0.1, -0.05) is 6.92 Å². The number of benzene rings is 1. The smallest absolute Gasteiger partial charge is 0.416 e. The van der Waals surface area contributed by atoms with E-state index in [9.17, 15) is 22.8 Å². The van der Waals surface area contributed by atoms with Crippen LogP contribution >= 0.6 is 0 Å². The minimum atomic E-state index is -4.48. The molecule has 1 aromatic heterocycles. The Kier molecular flexibility index (Phi) is 8.35. The number of rotatable bonds is 8. The van der Waals surface area contributed by atoms with Crippen molar-refractivity contribution in [3.05, 3.63) is 30.1 Å². The first-order valence-corrected chi connectivity index (χ1v) is 12.6. The van der Waals surface area contributed by atoms with E-state index < -0.39 is 11.7 Å². The molecule has 1 aliphatic carbocycles. The van der Waals surface area contributed by atoms with Crippen LogP contribution in [0.5, 0.6) is 0 Å².